The molecular formula is C14H14F3N3O2S. The Bertz CT molecular complexity index is 679. The summed E-state index contributed by atoms with van der Waals surface area (Å²) >= 11 is 0.638. The predicted octanol–water partition coefficient (Wildman–Crippen LogP) is 3.58. The number of anilines is 1. The lowest BCUT2D eigenvalue weighted by Gasteiger charge is -2.05. The number of alkyl halides is 2. The number of hydrogen-bond acceptors (Lipinski definition) is 5. The van der Waals surface area contributed by atoms with E-state index in [-0.39, 0.29) is 23.2 Å². The quantitative estimate of drug-likeness (QED) is 0.833. The van der Waals surface area contributed by atoms with E-state index in [1.807, 2.05) is 0 Å². The van der Waals surface area contributed by atoms with Crippen LogP contribution in [0.4, 0.5) is 18.3 Å². The van der Waals surface area contributed by atoms with Gasteiger partial charge in [0.2, 0.25) is 11.0 Å². The molecule has 124 valence electrons. The van der Waals surface area contributed by atoms with Crippen molar-refractivity contribution in [2.24, 2.45) is 0 Å². The molecule has 0 fully saturated rings. The van der Waals surface area contributed by atoms with Gasteiger partial charge in [0.1, 0.15) is 0 Å². The summed E-state index contributed by atoms with van der Waals surface area (Å²) in [6.45, 7) is 0. The smallest absolute Gasteiger partial charge is 0.291 e. The molecule has 1 heterocycles. The maximum atomic E-state index is 13.5. The zero-order valence-corrected chi connectivity index (χ0v) is 13.0. The second kappa shape index (κ2) is 7.91. The molecule has 0 bridgehead atoms. The fourth-order valence-corrected chi connectivity index (χ4v) is 2.49. The van der Waals surface area contributed by atoms with Crippen LogP contribution in [0.2, 0.25) is 0 Å². The highest BCUT2D eigenvalue weighted by atomic mass is 32.1. The van der Waals surface area contributed by atoms with Crippen molar-refractivity contribution in [2.45, 2.75) is 25.7 Å². The number of amides is 1. The van der Waals surface area contributed by atoms with Crippen LogP contribution in [-0.4, -0.2) is 23.2 Å². The van der Waals surface area contributed by atoms with Gasteiger partial charge in [-0.3, -0.25) is 4.79 Å². The van der Waals surface area contributed by atoms with Gasteiger partial charge in [0.15, 0.2) is 16.6 Å². The molecule has 0 aliphatic rings. The summed E-state index contributed by atoms with van der Waals surface area (Å²) < 4.78 is 43.0. The van der Waals surface area contributed by atoms with E-state index in [1.54, 1.807) is 6.07 Å². The summed E-state index contributed by atoms with van der Waals surface area (Å²) in [7, 11) is 1.38. The van der Waals surface area contributed by atoms with Crippen molar-refractivity contribution in [2.75, 3.05) is 12.4 Å². The van der Waals surface area contributed by atoms with E-state index >= 15 is 0 Å². The zero-order valence-electron chi connectivity index (χ0n) is 12.2. The molecule has 0 unspecified atom stereocenters. The van der Waals surface area contributed by atoms with Crippen LogP contribution in [-0.2, 0) is 11.2 Å². The summed E-state index contributed by atoms with van der Waals surface area (Å²) in [4.78, 5) is 11.7. The minimum Gasteiger partial charge on any atom is -0.494 e. The zero-order chi connectivity index (χ0) is 16.8. The Labute approximate surface area is 134 Å². The van der Waals surface area contributed by atoms with Crippen molar-refractivity contribution in [3.63, 3.8) is 0 Å². The van der Waals surface area contributed by atoms with E-state index in [1.165, 1.54) is 19.2 Å². The highest BCUT2D eigenvalue weighted by molar-refractivity contribution is 7.15. The molecule has 2 aromatic rings. The number of aryl methyl sites for hydroxylation is 1. The molecule has 0 saturated heterocycles. The minimum absolute atomic E-state index is 0.0424. The number of halogens is 3. The van der Waals surface area contributed by atoms with E-state index in [0.717, 1.165) is 5.56 Å². The maximum absolute atomic E-state index is 13.5. The molecular weight excluding hydrogens is 331 g/mol. The third kappa shape index (κ3) is 4.92. The van der Waals surface area contributed by atoms with Gasteiger partial charge in [0.25, 0.3) is 6.43 Å². The normalized spacial score (nSPS) is 10.8. The van der Waals surface area contributed by atoms with Crippen LogP contribution in [0.5, 0.6) is 5.75 Å². The van der Waals surface area contributed by atoms with Gasteiger partial charge < -0.3 is 10.1 Å². The lowest BCUT2D eigenvalue weighted by molar-refractivity contribution is -0.116. The SMILES string of the molecule is COc1ccc(CCCC(=O)Nc2nnc(C(F)F)s2)cc1F. The second-order valence-electron chi connectivity index (χ2n) is 4.62. The van der Waals surface area contributed by atoms with Crippen molar-refractivity contribution < 1.29 is 22.7 Å². The second-order valence-corrected chi connectivity index (χ2v) is 5.63. The van der Waals surface area contributed by atoms with Gasteiger partial charge >= 0.3 is 0 Å². The first-order valence-electron chi connectivity index (χ1n) is 6.73. The average Bonchev–Trinajstić information content (AvgIpc) is 2.96. The highest BCUT2D eigenvalue weighted by Crippen LogP contribution is 2.25. The van der Waals surface area contributed by atoms with Gasteiger partial charge in [-0.25, -0.2) is 13.2 Å². The van der Waals surface area contributed by atoms with Gasteiger partial charge in [-0.15, -0.1) is 10.2 Å². The molecule has 1 aromatic carbocycles. The van der Waals surface area contributed by atoms with Gasteiger partial charge in [0, 0.05) is 6.42 Å². The van der Waals surface area contributed by atoms with Gasteiger partial charge in [-0.05, 0) is 30.5 Å². The van der Waals surface area contributed by atoms with Crippen LogP contribution in [0.25, 0.3) is 0 Å². The van der Waals surface area contributed by atoms with Gasteiger partial charge in [-0.1, -0.05) is 17.4 Å². The number of ether oxygens (including phenoxy) is 1. The monoisotopic (exact) mass is 345 g/mol. The number of benzene rings is 1. The lowest BCUT2D eigenvalue weighted by Crippen LogP contribution is -2.11. The molecule has 5 nitrogen and oxygen atoms in total. The molecule has 9 heteroatoms. The summed E-state index contributed by atoms with van der Waals surface area (Å²) in [5.41, 5.74) is 0.743. The number of rotatable bonds is 7. The van der Waals surface area contributed by atoms with Gasteiger partial charge in [-0.2, -0.15) is 0 Å². The number of nitrogens with zero attached hydrogens (tertiary/aromatic N) is 2. The Balaban J connectivity index is 1.79. The fourth-order valence-electron chi connectivity index (χ4n) is 1.87. The summed E-state index contributed by atoms with van der Waals surface area (Å²) in [5.74, 6) is -0.642. The number of carbonyl (C=O) groups is 1. The molecule has 1 aromatic heterocycles. The molecule has 1 amide bonds. The summed E-state index contributed by atoms with van der Waals surface area (Å²) in [5, 5.41) is 8.76. The number of methoxy groups -OCH3 is 1. The molecule has 1 N–H and O–H groups in total. The van der Waals surface area contributed by atoms with Crippen LogP contribution in [0.1, 0.15) is 29.8 Å². The fraction of sp³-hybridized carbons (Fsp3) is 0.357. The molecule has 0 spiro atoms. The summed E-state index contributed by atoms with van der Waals surface area (Å²) in [6.07, 6.45) is -1.55. The molecule has 0 aliphatic heterocycles. The molecule has 0 aliphatic carbocycles. The number of nitrogens with one attached hydrogen (secondary N) is 1. The Kier molecular flexibility index (Phi) is 5.91. The van der Waals surface area contributed by atoms with Crippen LogP contribution < -0.4 is 10.1 Å². The van der Waals surface area contributed by atoms with Crippen molar-refractivity contribution in [1.82, 2.24) is 10.2 Å². The van der Waals surface area contributed by atoms with Crippen molar-refractivity contribution in [3.05, 3.63) is 34.6 Å². The Morgan fingerprint density at radius 2 is 2.17 bits per heavy atom. The summed E-state index contributed by atoms with van der Waals surface area (Å²) in [6, 6.07) is 4.60. The Morgan fingerprint density at radius 1 is 1.39 bits per heavy atom. The lowest BCUT2D eigenvalue weighted by atomic mass is 10.1. The van der Waals surface area contributed by atoms with E-state index in [0.29, 0.717) is 24.2 Å². The van der Waals surface area contributed by atoms with E-state index in [2.05, 4.69) is 15.5 Å². The third-order valence-corrected chi connectivity index (χ3v) is 3.81. The standard InChI is InChI=1S/C14H14F3N3O2S/c1-22-10-6-5-8(7-9(10)15)3-2-4-11(21)18-14-20-19-13(23-14)12(16)17/h5-7,12H,2-4H2,1H3,(H,18,20,21). The third-order valence-electron chi connectivity index (χ3n) is 2.96. The van der Waals surface area contributed by atoms with Crippen LogP contribution in [0, 0.1) is 5.82 Å². The Morgan fingerprint density at radius 3 is 2.78 bits per heavy atom. The first kappa shape index (κ1) is 17.2. The van der Waals surface area contributed by atoms with Crippen LogP contribution in [0.3, 0.4) is 0 Å². The number of carbonyl (C=O) groups excluding carboxylic acids is 1. The van der Waals surface area contributed by atoms with E-state index < -0.39 is 17.3 Å². The van der Waals surface area contributed by atoms with E-state index in [9.17, 15) is 18.0 Å². The predicted molar refractivity (Wildman–Crippen MR) is 79.4 cm³/mol. The Hall–Kier alpha value is -2.16. The van der Waals surface area contributed by atoms with Crippen LogP contribution >= 0.6 is 11.3 Å². The maximum Gasteiger partial charge on any atom is 0.291 e. The highest BCUT2D eigenvalue weighted by Gasteiger charge is 2.15. The van der Waals surface area contributed by atoms with Crippen molar-refractivity contribution in [1.29, 1.82) is 0 Å². The molecule has 2 rings (SSSR count). The van der Waals surface area contributed by atoms with Crippen molar-refractivity contribution >= 4 is 22.4 Å². The van der Waals surface area contributed by atoms with Crippen molar-refractivity contribution in [3.8, 4) is 5.75 Å². The topological polar surface area (TPSA) is 64.1 Å². The number of aromatic nitrogens is 2. The van der Waals surface area contributed by atoms with E-state index in [4.69, 9.17) is 4.74 Å². The minimum atomic E-state index is -2.71. The molecule has 23 heavy (non-hydrogen) atoms. The molecule has 0 radical (unpaired) electrons. The van der Waals surface area contributed by atoms with Crippen LogP contribution in [0.15, 0.2) is 18.2 Å². The first-order valence-corrected chi connectivity index (χ1v) is 7.55. The first-order chi connectivity index (χ1) is 11.0. The molecule has 0 atom stereocenters. The average molecular weight is 345 g/mol. The van der Waals surface area contributed by atoms with Gasteiger partial charge in [0.05, 0.1) is 7.11 Å². The largest absolute Gasteiger partial charge is 0.494 e. The number of hydrogen-bond donors (Lipinski definition) is 1. The molecule has 0 saturated carbocycles.